The van der Waals surface area contributed by atoms with Crippen LogP contribution in [0.3, 0.4) is 0 Å². The Kier molecular flexibility index (Phi) is 5.82. The highest BCUT2D eigenvalue weighted by Gasteiger charge is 2.28. The molecule has 0 aliphatic rings. The zero-order chi connectivity index (χ0) is 22.1. The molecule has 3 aromatic rings. The summed E-state index contributed by atoms with van der Waals surface area (Å²) in [4.78, 5) is 37.0. The molecule has 0 aliphatic heterocycles. The molecule has 1 heterocycles. The van der Waals surface area contributed by atoms with Crippen molar-refractivity contribution in [2.75, 3.05) is 0 Å². The van der Waals surface area contributed by atoms with E-state index in [9.17, 15) is 14.4 Å². The number of nitrogens with one attached hydrogen (secondary N) is 1. The number of fused-ring (bicyclic) bond motifs is 3. The molecule has 1 N–H and O–H groups in total. The summed E-state index contributed by atoms with van der Waals surface area (Å²) in [6.45, 7) is 8.79. The van der Waals surface area contributed by atoms with Crippen LogP contribution in [0, 0.1) is 5.92 Å². The van der Waals surface area contributed by atoms with Gasteiger partial charge in [-0.15, -0.1) is 0 Å². The predicted octanol–water partition coefficient (Wildman–Crippen LogP) is 4.40. The first-order valence-corrected chi connectivity index (χ1v) is 9.72. The molecule has 30 heavy (non-hydrogen) atoms. The van der Waals surface area contributed by atoms with Gasteiger partial charge in [-0.05, 0) is 50.3 Å². The minimum absolute atomic E-state index is 0.211. The SMILES string of the molecule is CC(C)[C@H](NC(=O)OC(C)(C)C)C(=O)Oc1ccc2c(c1)oc(=O)c1ccccc12. The molecular formula is C23H25NO6. The number of hydrogen-bond donors (Lipinski definition) is 1. The first kappa shape index (κ1) is 21.4. The van der Waals surface area contributed by atoms with Gasteiger partial charge in [0, 0.05) is 11.5 Å². The number of carbonyl (C=O) groups is 2. The topological polar surface area (TPSA) is 94.8 Å². The van der Waals surface area contributed by atoms with E-state index in [2.05, 4.69) is 5.32 Å². The molecule has 0 unspecified atom stereocenters. The zero-order valence-corrected chi connectivity index (χ0v) is 17.6. The van der Waals surface area contributed by atoms with Crippen LogP contribution in [-0.2, 0) is 9.53 Å². The van der Waals surface area contributed by atoms with Crippen molar-refractivity contribution in [3.05, 3.63) is 52.9 Å². The Morgan fingerprint density at radius 2 is 1.67 bits per heavy atom. The van der Waals surface area contributed by atoms with Gasteiger partial charge in [0.15, 0.2) is 0 Å². The van der Waals surface area contributed by atoms with Crippen LogP contribution in [0.2, 0.25) is 0 Å². The lowest BCUT2D eigenvalue weighted by atomic mass is 10.0. The van der Waals surface area contributed by atoms with Crippen LogP contribution >= 0.6 is 0 Å². The predicted molar refractivity (Wildman–Crippen MR) is 114 cm³/mol. The summed E-state index contributed by atoms with van der Waals surface area (Å²) >= 11 is 0. The van der Waals surface area contributed by atoms with E-state index in [0.29, 0.717) is 11.0 Å². The molecule has 3 rings (SSSR count). The summed E-state index contributed by atoms with van der Waals surface area (Å²) in [7, 11) is 0. The molecule has 0 spiro atoms. The fraction of sp³-hybridized carbons (Fsp3) is 0.348. The molecule has 158 valence electrons. The van der Waals surface area contributed by atoms with E-state index in [4.69, 9.17) is 13.9 Å². The fourth-order valence-corrected chi connectivity index (χ4v) is 3.04. The number of rotatable bonds is 4. The molecule has 0 fully saturated rings. The van der Waals surface area contributed by atoms with Gasteiger partial charge in [0.1, 0.15) is 23.0 Å². The van der Waals surface area contributed by atoms with E-state index in [1.807, 2.05) is 12.1 Å². The van der Waals surface area contributed by atoms with E-state index in [0.717, 1.165) is 10.8 Å². The minimum Gasteiger partial charge on any atom is -0.444 e. The third-order valence-corrected chi connectivity index (χ3v) is 4.40. The molecular weight excluding hydrogens is 386 g/mol. The Hall–Kier alpha value is -3.35. The van der Waals surface area contributed by atoms with E-state index < -0.39 is 29.3 Å². The molecule has 0 saturated heterocycles. The Morgan fingerprint density at radius 1 is 1.00 bits per heavy atom. The monoisotopic (exact) mass is 411 g/mol. The Bertz CT molecular complexity index is 1160. The summed E-state index contributed by atoms with van der Waals surface area (Å²) in [6.07, 6.45) is -0.700. The molecule has 7 nitrogen and oxygen atoms in total. The summed E-state index contributed by atoms with van der Waals surface area (Å²) in [5, 5.41) is 4.53. The lowest BCUT2D eigenvalue weighted by Gasteiger charge is -2.24. The third-order valence-electron chi connectivity index (χ3n) is 4.40. The van der Waals surface area contributed by atoms with Gasteiger partial charge in [-0.2, -0.15) is 0 Å². The Labute approximate surface area is 174 Å². The van der Waals surface area contributed by atoms with E-state index in [-0.39, 0.29) is 11.7 Å². The van der Waals surface area contributed by atoms with Gasteiger partial charge >= 0.3 is 17.7 Å². The number of amides is 1. The molecule has 7 heteroatoms. The van der Waals surface area contributed by atoms with Gasteiger partial charge < -0.3 is 19.2 Å². The van der Waals surface area contributed by atoms with Crippen molar-refractivity contribution in [3.8, 4) is 5.75 Å². The zero-order valence-electron chi connectivity index (χ0n) is 17.6. The summed E-state index contributed by atoms with van der Waals surface area (Å²) in [6, 6.07) is 11.1. The highest BCUT2D eigenvalue weighted by atomic mass is 16.6. The van der Waals surface area contributed by atoms with Gasteiger partial charge in [-0.25, -0.2) is 14.4 Å². The van der Waals surface area contributed by atoms with Crippen LogP contribution in [0.1, 0.15) is 34.6 Å². The summed E-state index contributed by atoms with van der Waals surface area (Å²) in [5.74, 6) is -0.659. The first-order valence-electron chi connectivity index (χ1n) is 9.72. The smallest absolute Gasteiger partial charge is 0.408 e. The molecule has 1 amide bonds. The lowest BCUT2D eigenvalue weighted by Crippen LogP contribution is -2.48. The van der Waals surface area contributed by atoms with Crippen molar-refractivity contribution in [2.45, 2.75) is 46.3 Å². The van der Waals surface area contributed by atoms with Crippen molar-refractivity contribution in [2.24, 2.45) is 5.92 Å². The van der Waals surface area contributed by atoms with Crippen LogP contribution in [0.4, 0.5) is 4.79 Å². The van der Waals surface area contributed by atoms with Crippen LogP contribution in [0.25, 0.3) is 21.7 Å². The quantitative estimate of drug-likeness (QED) is 0.296. The van der Waals surface area contributed by atoms with Crippen LogP contribution in [0.15, 0.2) is 51.7 Å². The first-order chi connectivity index (χ1) is 14.0. The Balaban J connectivity index is 1.85. The van der Waals surface area contributed by atoms with Crippen LogP contribution in [-0.4, -0.2) is 23.7 Å². The van der Waals surface area contributed by atoms with Gasteiger partial charge in [0.2, 0.25) is 0 Å². The highest BCUT2D eigenvalue weighted by Crippen LogP contribution is 2.26. The highest BCUT2D eigenvalue weighted by molar-refractivity contribution is 6.04. The number of benzene rings is 2. The third kappa shape index (κ3) is 4.79. The number of carbonyl (C=O) groups excluding carboxylic acids is 2. The standard InChI is InChI=1S/C23H25NO6/c1-13(2)19(24-22(27)30-23(3,4)5)21(26)28-14-10-11-16-15-8-6-7-9-17(15)20(25)29-18(16)12-14/h6-13,19H,1-5H3,(H,24,27)/t19-/m0/s1. The van der Waals surface area contributed by atoms with E-state index >= 15 is 0 Å². The van der Waals surface area contributed by atoms with Gasteiger partial charge in [0.25, 0.3) is 0 Å². The molecule has 0 bridgehead atoms. The number of esters is 1. The average molecular weight is 411 g/mol. The normalized spacial score (nSPS) is 12.7. The van der Waals surface area contributed by atoms with Crippen molar-refractivity contribution in [1.82, 2.24) is 5.32 Å². The Morgan fingerprint density at radius 3 is 2.30 bits per heavy atom. The van der Waals surface area contributed by atoms with E-state index in [1.165, 1.54) is 6.07 Å². The molecule has 1 aromatic heterocycles. The second kappa shape index (κ2) is 8.18. The number of alkyl carbamates (subject to hydrolysis) is 1. The number of ether oxygens (including phenoxy) is 2. The summed E-state index contributed by atoms with van der Waals surface area (Å²) < 4.78 is 16.1. The maximum absolute atomic E-state index is 12.7. The molecule has 1 atom stereocenters. The molecule has 0 saturated carbocycles. The van der Waals surface area contributed by atoms with Gasteiger partial charge in [0.05, 0.1) is 5.39 Å². The summed E-state index contributed by atoms with van der Waals surface area (Å²) in [5.41, 5.74) is -0.841. The molecule has 0 radical (unpaired) electrons. The van der Waals surface area contributed by atoms with Crippen molar-refractivity contribution in [1.29, 1.82) is 0 Å². The second-order valence-corrected chi connectivity index (χ2v) is 8.38. The maximum atomic E-state index is 12.7. The second-order valence-electron chi connectivity index (χ2n) is 8.38. The maximum Gasteiger partial charge on any atom is 0.408 e. The van der Waals surface area contributed by atoms with Crippen molar-refractivity contribution >= 4 is 33.8 Å². The fourth-order valence-electron chi connectivity index (χ4n) is 3.04. The average Bonchev–Trinajstić information content (AvgIpc) is 2.64. The van der Waals surface area contributed by atoms with Crippen LogP contribution in [0.5, 0.6) is 5.75 Å². The van der Waals surface area contributed by atoms with Crippen molar-refractivity contribution in [3.63, 3.8) is 0 Å². The van der Waals surface area contributed by atoms with Crippen LogP contribution < -0.4 is 15.7 Å². The largest absolute Gasteiger partial charge is 0.444 e. The minimum atomic E-state index is -0.904. The molecule has 0 aliphatic carbocycles. The van der Waals surface area contributed by atoms with Gasteiger partial charge in [-0.1, -0.05) is 32.0 Å². The van der Waals surface area contributed by atoms with Crippen molar-refractivity contribution < 1.29 is 23.5 Å². The molecule has 2 aromatic carbocycles. The number of hydrogen-bond acceptors (Lipinski definition) is 6. The van der Waals surface area contributed by atoms with E-state index in [1.54, 1.807) is 58.9 Å². The van der Waals surface area contributed by atoms with Gasteiger partial charge in [-0.3, -0.25) is 0 Å². The lowest BCUT2D eigenvalue weighted by molar-refractivity contribution is -0.137.